The Morgan fingerprint density at radius 3 is 2.48 bits per heavy atom. The van der Waals surface area contributed by atoms with Crippen molar-refractivity contribution in [3.8, 4) is 6.07 Å². The van der Waals surface area contributed by atoms with Crippen molar-refractivity contribution in [3.63, 3.8) is 0 Å². The third-order valence-corrected chi connectivity index (χ3v) is 5.62. The molecule has 2 aromatic carbocycles. The summed E-state index contributed by atoms with van der Waals surface area (Å²) in [6.07, 6.45) is 0.635. The minimum atomic E-state index is -0.557. The van der Waals surface area contributed by atoms with Crippen molar-refractivity contribution < 1.29 is 9.18 Å². The molecule has 0 saturated carbocycles. The number of nitriles is 1. The number of anilines is 2. The number of aromatic nitrogens is 1. The van der Waals surface area contributed by atoms with Crippen molar-refractivity contribution in [1.29, 1.82) is 5.26 Å². The van der Waals surface area contributed by atoms with Crippen LogP contribution in [-0.2, 0) is 11.2 Å². The zero-order valence-corrected chi connectivity index (χ0v) is 16.9. The number of piperazine rings is 1. The number of fused-ring (bicyclic) bond motifs is 1. The summed E-state index contributed by atoms with van der Waals surface area (Å²) in [6, 6.07) is 13.6. The minimum absolute atomic E-state index is 0.0208. The Hall–Kier alpha value is -3.86. The van der Waals surface area contributed by atoms with Gasteiger partial charge in [0, 0.05) is 55.1 Å². The van der Waals surface area contributed by atoms with Crippen LogP contribution in [0, 0.1) is 17.1 Å². The summed E-state index contributed by atoms with van der Waals surface area (Å²) in [6.45, 7) is 2.65. The zero-order chi connectivity index (χ0) is 22.0. The Labute approximate surface area is 178 Å². The van der Waals surface area contributed by atoms with Gasteiger partial charge in [0.2, 0.25) is 5.91 Å². The van der Waals surface area contributed by atoms with Crippen LogP contribution in [0.3, 0.4) is 0 Å². The molecule has 1 saturated heterocycles. The summed E-state index contributed by atoms with van der Waals surface area (Å²) in [4.78, 5) is 31.7. The molecule has 3 N–H and O–H groups in total. The number of benzene rings is 2. The van der Waals surface area contributed by atoms with Crippen LogP contribution in [-0.4, -0.2) is 42.0 Å². The van der Waals surface area contributed by atoms with E-state index < -0.39 is 11.4 Å². The second-order valence-corrected chi connectivity index (χ2v) is 7.61. The number of H-pyrrole nitrogens is 1. The van der Waals surface area contributed by atoms with Crippen molar-refractivity contribution in [2.24, 2.45) is 0 Å². The van der Waals surface area contributed by atoms with E-state index >= 15 is 0 Å². The van der Waals surface area contributed by atoms with Crippen molar-refractivity contribution in [2.75, 3.05) is 36.8 Å². The summed E-state index contributed by atoms with van der Waals surface area (Å²) in [7, 11) is 0. The minimum Gasteiger partial charge on any atom is -0.398 e. The van der Waals surface area contributed by atoms with Crippen LogP contribution in [0.1, 0.15) is 17.7 Å². The summed E-state index contributed by atoms with van der Waals surface area (Å²) < 4.78 is 13.5. The highest BCUT2D eigenvalue weighted by atomic mass is 19.1. The number of hydrogen-bond donors (Lipinski definition) is 2. The van der Waals surface area contributed by atoms with Gasteiger partial charge in [-0.3, -0.25) is 9.59 Å². The lowest BCUT2D eigenvalue weighted by Crippen LogP contribution is -2.48. The number of aryl methyl sites for hydroxylation is 1. The van der Waals surface area contributed by atoms with E-state index in [4.69, 9.17) is 11.0 Å². The first-order chi connectivity index (χ1) is 14.9. The Morgan fingerprint density at radius 2 is 1.81 bits per heavy atom. The van der Waals surface area contributed by atoms with Crippen LogP contribution in [0.25, 0.3) is 10.8 Å². The fourth-order valence-electron chi connectivity index (χ4n) is 3.91. The summed E-state index contributed by atoms with van der Waals surface area (Å²) >= 11 is 0. The standard InChI is InChI=1S/C23H22FN5O2/c24-16-11-20-19(21(26)12-16)13-17(27-23(20)31)3-6-22(30)29-9-7-28(8-10-29)18-4-1-15(14-25)2-5-18/h1-2,4-5,11-13H,3,6-10,26H2,(H,27,31). The highest BCUT2D eigenvalue weighted by Crippen LogP contribution is 2.21. The van der Waals surface area contributed by atoms with Gasteiger partial charge in [-0.25, -0.2) is 4.39 Å². The average Bonchev–Trinajstić information content (AvgIpc) is 2.78. The van der Waals surface area contributed by atoms with Gasteiger partial charge >= 0.3 is 0 Å². The van der Waals surface area contributed by atoms with E-state index in [1.807, 2.05) is 17.0 Å². The van der Waals surface area contributed by atoms with E-state index in [9.17, 15) is 14.0 Å². The molecule has 0 bridgehead atoms. The SMILES string of the molecule is N#Cc1ccc(N2CCN(C(=O)CCc3cc4c(N)cc(F)cc4c(=O)[nH]3)CC2)cc1. The van der Waals surface area contributed by atoms with Gasteiger partial charge < -0.3 is 20.5 Å². The Bertz CT molecular complexity index is 1220. The van der Waals surface area contributed by atoms with Gasteiger partial charge in [0.15, 0.2) is 0 Å². The number of nitrogens with two attached hydrogens (primary N) is 1. The number of pyridine rings is 1. The van der Waals surface area contributed by atoms with Crippen molar-refractivity contribution in [1.82, 2.24) is 9.88 Å². The molecule has 0 unspecified atom stereocenters. The highest BCUT2D eigenvalue weighted by Gasteiger charge is 2.21. The molecule has 0 spiro atoms. The molecular weight excluding hydrogens is 397 g/mol. The first-order valence-electron chi connectivity index (χ1n) is 10.1. The third-order valence-electron chi connectivity index (χ3n) is 5.62. The van der Waals surface area contributed by atoms with E-state index in [-0.39, 0.29) is 23.4 Å². The molecule has 3 aromatic rings. The lowest BCUT2D eigenvalue weighted by Gasteiger charge is -2.36. The molecule has 7 nitrogen and oxygen atoms in total. The number of nitrogens with one attached hydrogen (secondary N) is 1. The van der Waals surface area contributed by atoms with Gasteiger partial charge in [0.05, 0.1) is 17.0 Å². The molecule has 158 valence electrons. The highest BCUT2D eigenvalue weighted by molar-refractivity contribution is 5.92. The summed E-state index contributed by atoms with van der Waals surface area (Å²) in [5.41, 5.74) is 7.90. The monoisotopic (exact) mass is 419 g/mol. The van der Waals surface area contributed by atoms with Gasteiger partial charge in [0.25, 0.3) is 5.56 Å². The molecule has 1 aliphatic heterocycles. The molecular formula is C23H22FN5O2. The fraction of sp³-hybridized carbons (Fsp3) is 0.261. The number of carbonyl (C=O) groups excluding carboxylic acids is 1. The van der Waals surface area contributed by atoms with Gasteiger partial charge in [-0.1, -0.05) is 0 Å². The van der Waals surface area contributed by atoms with Gasteiger partial charge in [-0.15, -0.1) is 0 Å². The van der Waals surface area contributed by atoms with E-state index in [0.717, 1.165) is 11.8 Å². The van der Waals surface area contributed by atoms with Gasteiger partial charge in [0.1, 0.15) is 5.82 Å². The average molecular weight is 419 g/mol. The van der Waals surface area contributed by atoms with Crippen LogP contribution in [0.4, 0.5) is 15.8 Å². The third kappa shape index (κ3) is 4.36. The molecule has 1 amide bonds. The van der Waals surface area contributed by atoms with E-state index in [1.165, 1.54) is 6.07 Å². The fourth-order valence-corrected chi connectivity index (χ4v) is 3.91. The van der Waals surface area contributed by atoms with Crippen molar-refractivity contribution >= 4 is 28.1 Å². The zero-order valence-electron chi connectivity index (χ0n) is 16.9. The van der Waals surface area contributed by atoms with E-state index in [2.05, 4.69) is 16.0 Å². The van der Waals surface area contributed by atoms with E-state index in [0.29, 0.717) is 49.2 Å². The molecule has 1 fully saturated rings. The van der Waals surface area contributed by atoms with Crippen LogP contribution in [0.15, 0.2) is 47.3 Å². The molecule has 31 heavy (non-hydrogen) atoms. The quantitative estimate of drug-likeness (QED) is 0.632. The van der Waals surface area contributed by atoms with Gasteiger partial charge in [-0.05, 0) is 48.9 Å². The molecule has 0 atom stereocenters. The Morgan fingerprint density at radius 1 is 1.10 bits per heavy atom. The Kier molecular flexibility index (Phi) is 5.58. The second-order valence-electron chi connectivity index (χ2n) is 7.61. The molecule has 2 heterocycles. The maximum absolute atomic E-state index is 13.5. The predicted octanol–water partition coefficient (Wildman–Crippen LogP) is 2.40. The first-order valence-corrected chi connectivity index (χ1v) is 10.1. The smallest absolute Gasteiger partial charge is 0.256 e. The second kappa shape index (κ2) is 8.48. The number of nitrogens with zero attached hydrogens (tertiary/aromatic N) is 3. The largest absolute Gasteiger partial charge is 0.398 e. The number of carbonyl (C=O) groups is 1. The van der Waals surface area contributed by atoms with Crippen molar-refractivity contribution in [3.05, 3.63) is 69.9 Å². The number of rotatable bonds is 4. The van der Waals surface area contributed by atoms with Crippen LogP contribution in [0.2, 0.25) is 0 Å². The number of nitrogen functional groups attached to an aromatic ring is 1. The van der Waals surface area contributed by atoms with E-state index in [1.54, 1.807) is 18.2 Å². The Balaban J connectivity index is 1.36. The number of hydrogen-bond acceptors (Lipinski definition) is 5. The topological polar surface area (TPSA) is 106 Å². The number of amides is 1. The molecule has 4 rings (SSSR count). The molecule has 0 radical (unpaired) electrons. The van der Waals surface area contributed by atoms with Gasteiger partial charge in [-0.2, -0.15) is 5.26 Å². The van der Waals surface area contributed by atoms with Crippen molar-refractivity contribution in [2.45, 2.75) is 12.8 Å². The molecule has 1 aliphatic rings. The molecule has 0 aliphatic carbocycles. The summed E-state index contributed by atoms with van der Waals surface area (Å²) in [5.74, 6) is -0.536. The first kappa shape index (κ1) is 20.4. The maximum atomic E-state index is 13.5. The number of aromatic amines is 1. The normalized spacial score (nSPS) is 13.9. The van der Waals surface area contributed by atoms with Crippen LogP contribution in [0.5, 0.6) is 0 Å². The summed E-state index contributed by atoms with van der Waals surface area (Å²) in [5, 5.41) is 9.60. The molecule has 1 aromatic heterocycles. The van der Waals surface area contributed by atoms with Crippen LogP contribution < -0.4 is 16.2 Å². The molecule has 8 heteroatoms. The number of halogens is 1. The maximum Gasteiger partial charge on any atom is 0.256 e. The lowest BCUT2D eigenvalue weighted by molar-refractivity contribution is -0.131. The lowest BCUT2D eigenvalue weighted by atomic mass is 10.1. The predicted molar refractivity (Wildman–Crippen MR) is 117 cm³/mol. The van der Waals surface area contributed by atoms with Crippen LogP contribution >= 0.6 is 0 Å².